The average molecular weight is 348 g/mol. The zero-order chi connectivity index (χ0) is 17.5. The van der Waals surface area contributed by atoms with Gasteiger partial charge in [0.2, 0.25) is 5.13 Å². The Morgan fingerprint density at radius 2 is 1.96 bits per heavy atom. The largest absolute Gasteiger partial charge is 0.463 e. The van der Waals surface area contributed by atoms with Crippen LogP contribution in [0.15, 0.2) is 29.8 Å². The monoisotopic (exact) mass is 348 g/mol. The van der Waals surface area contributed by atoms with Crippen LogP contribution in [0.3, 0.4) is 0 Å². The van der Waals surface area contributed by atoms with Crippen molar-refractivity contribution < 1.29 is 14.3 Å². The lowest BCUT2D eigenvalue weighted by atomic mass is 10.0. The van der Waals surface area contributed by atoms with Gasteiger partial charge in [0.15, 0.2) is 0 Å². The van der Waals surface area contributed by atoms with E-state index < -0.39 is 12.1 Å². The molecule has 1 aromatic carbocycles. The molecule has 0 radical (unpaired) electrons. The van der Waals surface area contributed by atoms with Crippen molar-refractivity contribution in [3.8, 4) is 0 Å². The molecule has 0 saturated heterocycles. The third-order valence-corrected chi connectivity index (χ3v) is 3.71. The molecular weight excluding hydrogens is 328 g/mol. The molecule has 0 aliphatic rings. The average Bonchev–Trinajstić information content (AvgIpc) is 2.99. The highest BCUT2D eigenvalue weighted by Gasteiger charge is 2.20. The maximum Gasteiger partial charge on any atom is 0.321 e. The van der Waals surface area contributed by atoms with Gasteiger partial charge in [-0.15, -0.1) is 10.2 Å². The van der Waals surface area contributed by atoms with Crippen LogP contribution in [-0.2, 0) is 9.53 Å². The van der Waals surface area contributed by atoms with Crippen LogP contribution < -0.4 is 10.6 Å². The molecule has 1 heterocycles. The summed E-state index contributed by atoms with van der Waals surface area (Å²) < 4.78 is 5.18. The van der Waals surface area contributed by atoms with E-state index in [2.05, 4.69) is 20.8 Å². The second-order valence-corrected chi connectivity index (χ2v) is 6.38. The topological polar surface area (TPSA) is 93.2 Å². The van der Waals surface area contributed by atoms with E-state index in [9.17, 15) is 9.59 Å². The molecule has 24 heavy (non-hydrogen) atoms. The van der Waals surface area contributed by atoms with Gasteiger partial charge in [0.1, 0.15) is 5.51 Å². The molecule has 8 heteroatoms. The van der Waals surface area contributed by atoms with Gasteiger partial charge in [0, 0.05) is 0 Å². The third kappa shape index (κ3) is 5.62. The molecule has 0 bridgehead atoms. The number of hydrogen-bond acceptors (Lipinski definition) is 6. The number of aryl methyl sites for hydroxylation is 1. The predicted molar refractivity (Wildman–Crippen MR) is 91.8 cm³/mol. The van der Waals surface area contributed by atoms with Crippen molar-refractivity contribution in [2.24, 2.45) is 0 Å². The summed E-state index contributed by atoms with van der Waals surface area (Å²) in [5, 5.41) is 13.2. The van der Waals surface area contributed by atoms with Crippen molar-refractivity contribution in [2.45, 2.75) is 39.3 Å². The second kappa shape index (κ2) is 8.39. The Morgan fingerprint density at radius 3 is 2.54 bits per heavy atom. The summed E-state index contributed by atoms with van der Waals surface area (Å²) in [5.41, 5.74) is 3.45. The molecule has 2 amide bonds. The number of rotatable bonds is 6. The van der Waals surface area contributed by atoms with Crippen LogP contribution in [0.5, 0.6) is 0 Å². The molecule has 0 aliphatic heterocycles. The van der Waals surface area contributed by atoms with Crippen molar-refractivity contribution in [3.63, 3.8) is 0 Å². The molecular formula is C16H20N4O3S. The fourth-order valence-corrected chi connectivity index (χ4v) is 2.49. The van der Waals surface area contributed by atoms with E-state index in [1.807, 2.05) is 31.2 Å². The number of urea groups is 1. The van der Waals surface area contributed by atoms with Crippen LogP contribution in [-0.4, -0.2) is 28.3 Å². The fraction of sp³-hybridized carbons (Fsp3) is 0.375. The molecule has 2 aromatic rings. The molecule has 0 aliphatic carbocycles. The van der Waals surface area contributed by atoms with Gasteiger partial charge in [0.05, 0.1) is 18.6 Å². The number of esters is 1. The number of nitrogens with zero attached hydrogens (tertiary/aromatic N) is 2. The first kappa shape index (κ1) is 17.9. The Kier molecular flexibility index (Phi) is 6.25. The van der Waals surface area contributed by atoms with E-state index >= 15 is 0 Å². The Balaban J connectivity index is 2.08. The lowest BCUT2D eigenvalue weighted by Gasteiger charge is -2.19. The minimum Gasteiger partial charge on any atom is -0.463 e. The Labute approximate surface area is 144 Å². The quantitative estimate of drug-likeness (QED) is 0.783. The highest BCUT2D eigenvalue weighted by Crippen LogP contribution is 2.19. The van der Waals surface area contributed by atoms with Crippen LogP contribution >= 0.6 is 11.3 Å². The van der Waals surface area contributed by atoms with Gasteiger partial charge in [0.25, 0.3) is 0 Å². The van der Waals surface area contributed by atoms with Gasteiger partial charge in [-0.3, -0.25) is 10.1 Å². The zero-order valence-corrected chi connectivity index (χ0v) is 14.6. The van der Waals surface area contributed by atoms with Crippen molar-refractivity contribution >= 4 is 28.5 Å². The number of anilines is 1. The number of carbonyl (C=O) groups is 2. The maximum atomic E-state index is 12.1. The molecule has 1 aromatic heterocycles. The minimum atomic E-state index is -0.496. The van der Waals surface area contributed by atoms with Crippen molar-refractivity contribution in [3.05, 3.63) is 40.9 Å². The molecule has 0 spiro atoms. The van der Waals surface area contributed by atoms with Crippen molar-refractivity contribution in [1.29, 1.82) is 0 Å². The molecule has 128 valence electrons. The summed E-state index contributed by atoms with van der Waals surface area (Å²) in [4.78, 5) is 24.1. The smallest absolute Gasteiger partial charge is 0.321 e. The van der Waals surface area contributed by atoms with Gasteiger partial charge in [-0.25, -0.2) is 4.79 Å². The molecule has 0 fully saturated rings. The lowest BCUT2D eigenvalue weighted by molar-refractivity contribution is -0.147. The third-order valence-electron chi connectivity index (χ3n) is 3.10. The van der Waals surface area contributed by atoms with Gasteiger partial charge in [-0.05, 0) is 26.3 Å². The normalized spacial score (nSPS) is 11.8. The van der Waals surface area contributed by atoms with Crippen LogP contribution in [0.4, 0.5) is 9.93 Å². The summed E-state index contributed by atoms with van der Waals surface area (Å²) in [6.45, 7) is 5.55. The minimum absolute atomic E-state index is 0.0464. The first-order chi connectivity index (χ1) is 11.4. The van der Waals surface area contributed by atoms with Gasteiger partial charge < -0.3 is 10.1 Å². The van der Waals surface area contributed by atoms with Crippen molar-refractivity contribution in [2.75, 3.05) is 5.32 Å². The maximum absolute atomic E-state index is 12.1. The first-order valence-electron chi connectivity index (χ1n) is 7.53. The van der Waals surface area contributed by atoms with E-state index in [4.69, 9.17) is 4.74 Å². The second-order valence-electron chi connectivity index (χ2n) is 5.55. The molecule has 2 rings (SSSR count). The molecule has 1 atom stereocenters. The van der Waals surface area contributed by atoms with Gasteiger partial charge in [-0.1, -0.05) is 41.2 Å². The van der Waals surface area contributed by atoms with Gasteiger partial charge >= 0.3 is 12.0 Å². The summed E-state index contributed by atoms with van der Waals surface area (Å²) in [7, 11) is 0. The number of carbonyl (C=O) groups excluding carboxylic acids is 2. The molecule has 0 unspecified atom stereocenters. The number of nitrogens with one attached hydrogen (secondary N) is 2. The summed E-state index contributed by atoms with van der Waals surface area (Å²) in [6.07, 6.45) is -0.156. The van der Waals surface area contributed by atoms with E-state index in [1.54, 1.807) is 13.8 Å². The summed E-state index contributed by atoms with van der Waals surface area (Å²) >= 11 is 1.21. The highest BCUT2D eigenvalue weighted by atomic mass is 32.1. The Hall–Kier alpha value is -2.48. The van der Waals surface area contributed by atoms with E-state index in [0.717, 1.165) is 11.1 Å². The van der Waals surface area contributed by atoms with E-state index in [-0.39, 0.29) is 18.5 Å². The SMILES string of the molecule is Cc1ccc([C@@H](CC(=O)OC(C)C)NC(=O)Nc2nncs2)cc1. The number of hydrogen-bond donors (Lipinski definition) is 2. The summed E-state index contributed by atoms with van der Waals surface area (Å²) in [6, 6.07) is 6.68. The standard InChI is InChI=1S/C16H20N4O3S/c1-10(2)23-14(21)8-13(12-6-4-11(3)5-7-12)18-15(22)19-16-20-17-9-24-16/h4-7,9-10,13H,8H2,1-3H3,(H2,18,19,20,22)/t13-/m1/s1. The number of ether oxygens (including phenoxy) is 1. The van der Waals surface area contributed by atoms with Crippen LogP contribution in [0.25, 0.3) is 0 Å². The summed E-state index contributed by atoms with van der Waals surface area (Å²) in [5.74, 6) is -0.369. The molecule has 2 N–H and O–H groups in total. The van der Waals surface area contributed by atoms with Crippen LogP contribution in [0, 0.1) is 6.92 Å². The van der Waals surface area contributed by atoms with Crippen LogP contribution in [0.1, 0.15) is 37.4 Å². The lowest BCUT2D eigenvalue weighted by Crippen LogP contribution is -2.34. The first-order valence-corrected chi connectivity index (χ1v) is 8.41. The molecule has 0 saturated carbocycles. The van der Waals surface area contributed by atoms with E-state index in [1.165, 1.54) is 16.8 Å². The molecule has 7 nitrogen and oxygen atoms in total. The Bertz CT molecular complexity index is 671. The zero-order valence-electron chi connectivity index (χ0n) is 13.8. The van der Waals surface area contributed by atoms with Crippen molar-refractivity contribution in [1.82, 2.24) is 15.5 Å². The number of amides is 2. The fourth-order valence-electron chi connectivity index (χ4n) is 2.05. The van der Waals surface area contributed by atoms with Gasteiger partial charge in [-0.2, -0.15) is 0 Å². The van der Waals surface area contributed by atoms with E-state index in [0.29, 0.717) is 5.13 Å². The Morgan fingerprint density at radius 1 is 1.25 bits per heavy atom. The highest BCUT2D eigenvalue weighted by molar-refractivity contribution is 7.13. The van der Waals surface area contributed by atoms with Crippen LogP contribution in [0.2, 0.25) is 0 Å². The number of aromatic nitrogens is 2. The predicted octanol–water partition coefficient (Wildman–Crippen LogP) is 3.05. The number of benzene rings is 1.